The van der Waals surface area contributed by atoms with Crippen LogP contribution in [0.4, 0.5) is 0 Å². The molecule has 0 radical (unpaired) electrons. The predicted octanol–water partition coefficient (Wildman–Crippen LogP) is 2.56. The number of aliphatic hydroxyl groups excluding tert-OH is 3. The Kier molecular flexibility index (Phi) is 4.58. The first-order valence-corrected chi connectivity index (χ1v) is 9.28. The molecule has 1 fully saturated rings. The van der Waals surface area contributed by atoms with Crippen LogP contribution in [0.2, 0.25) is 5.02 Å². The third kappa shape index (κ3) is 2.99. The number of halogens is 1. The fraction of sp³-hybridized carbons (Fsp3) is 0.333. The third-order valence-electron chi connectivity index (χ3n) is 4.58. The second kappa shape index (κ2) is 6.72. The Labute approximate surface area is 153 Å². The number of aliphatic hydroxyl groups is 3. The molecular formula is C18H18ClNO4S. The summed E-state index contributed by atoms with van der Waals surface area (Å²) in [4.78, 5) is 1.21. The van der Waals surface area contributed by atoms with E-state index < -0.39 is 24.5 Å². The van der Waals surface area contributed by atoms with Crippen LogP contribution in [0.5, 0.6) is 0 Å². The van der Waals surface area contributed by atoms with E-state index in [-0.39, 0.29) is 6.61 Å². The van der Waals surface area contributed by atoms with Gasteiger partial charge in [-0.2, -0.15) is 0 Å². The molecule has 3 N–H and O–H groups in total. The van der Waals surface area contributed by atoms with Crippen LogP contribution in [0.15, 0.2) is 41.9 Å². The summed E-state index contributed by atoms with van der Waals surface area (Å²) in [6.45, 7) is -0.0383. The Hall–Kier alpha value is -1.41. The van der Waals surface area contributed by atoms with Crippen molar-refractivity contribution < 1.29 is 20.1 Å². The second-order valence-electron chi connectivity index (χ2n) is 6.22. The van der Waals surface area contributed by atoms with Crippen molar-refractivity contribution in [2.75, 3.05) is 6.61 Å². The SMILES string of the molecule is O[C@@H]1[C@@H](O)[C@H](n2cc(Cc3cccs3)c3c(Cl)cccc32)OC[C@H]1O. The van der Waals surface area contributed by atoms with Crippen molar-refractivity contribution in [1.82, 2.24) is 4.57 Å². The smallest absolute Gasteiger partial charge is 0.162 e. The molecule has 2 aromatic heterocycles. The zero-order valence-electron chi connectivity index (χ0n) is 13.2. The monoisotopic (exact) mass is 379 g/mol. The number of hydrogen-bond donors (Lipinski definition) is 3. The standard InChI is InChI=1S/C18H18ClNO4S/c19-12-4-1-5-13-15(12)10(7-11-3-2-6-25-11)8-20(13)18-17(23)16(22)14(21)9-24-18/h1-6,8,14,16-18,21-23H,7,9H2/t14-,16+,17-,18-/m1/s1. The van der Waals surface area contributed by atoms with Gasteiger partial charge in [-0.3, -0.25) is 0 Å². The molecule has 7 heteroatoms. The number of aromatic nitrogens is 1. The van der Waals surface area contributed by atoms with Crippen molar-refractivity contribution in [2.24, 2.45) is 0 Å². The van der Waals surface area contributed by atoms with E-state index in [2.05, 4.69) is 6.07 Å². The first-order valence-electron chi connectivity index (χ1n) is 8.02. The molecule has 0 bridgehead atoms. The summed E-state index contributed by atoms with van der Waals surface area (Å²) in [5.41, 5.74) is 1.85. The molecule has 25 heavy (non-hydrogen) atoms. The fourth-order valence-electron chi connectivity index (χ4n) is 3.33. The van der Waals surface area contributed by atoms with Gasteiger partial charge in [-0.25, -0.2) is 0 Å². The van der Waals surface area contributed by atoms with Crippen LogP contribution >= 0.6 is 22.9 Å². The fourth-order valence-corrected chi connectivity index (χ4v) is 4.35. The van der Waals surface area contributed by atoms with Crippen molar-refractivity contribution in [2.45, 2.75) is 31.0 Å². The van der Waals surface area contributed by atoms with Crippen molar-refractivity contribution in [3.63, 3.8) is 0 Å². The summed E-state index contributed by atoms with van der Waals surface area (Å²) in [6, 6.07) is 9.66. The number of benzene rings is 1. The minimum Gasteiger partial charge on any atom is -0.388 e. The van der Waals surface area contributed by atoms with Crippen LogP contribution in [0.3, 0.4) is 0 Å². The number of ether oxygens (including phenoxy) is 1. The van der Waals surface area contributed by atoms with Crippen molar-refractivity contribution >= 4 is 33.8 Å². The van der Waals surface area contributed by atoms with Crippen LogP contribution in [-0.4, -0.2) is 44.8 Å². The van der Waals surface area contributed by atoms with E-state index in [1.807, 2.05) is 35.8 Å². The summed E-state index contributed by atoms with van der Waals surface area (Å²) in [5.74, 6) is 0. The highest BCUT2D eigenvalue weighted by molar-refractivity contribution is 7.09. The van der Waals surface area contributed by atoms with Crippen molar-refractivity contribution in [1.29, 1.82) is 0 Å². The van der Waals surface area contributed by atoms with Crippen LogP contribution in [0, 0.1) is 0 Å². The van der Waals surface area contributed by atoms with E-state index >= 15 is 0 Å². The molecule has 1 aromatic carbocycles. The number of hydrogen-bond acceptors (Lipinski definition) is 5. The molecule has 0 unspecified atom stereocenters. The topological polar surface area (TPSA) is 74.9 Å². The molecule has 0 amide bonds. The number of rotatable bonds is 3. The van der Waals surface area contributed by atoms with Gasteiger partial charge in [0, 0.05) is 22.9 Å². The van der Waals surface area contributed by atoms with Crippen LogP contribution in [-0.2, 0) is 11.2 Å². The van der Waals surface area contributed by atoms with Gasteiger partial charge in [0.25, 0.3) is 0 Å². The van der Waals surface area contributed by atoms with Gasteiger partial charge in [-0.05, 0) is 29.1 Å². The minimum absolute atomic E-state index is 0.0383. The van der Waals surface area contributed by atoms with Gasteiger partial charge in [0.05, 0.1) is 17.1 Å². The molecule has 132 valence electrons. The molecule has 0 aliphatic carbocycles. The zero-order chi connectivity index (χ0) is 17.6. The Morgan fingerprint density at radius 2 is 2.00 bits per heavy atom. The number of fused-ring (bicyclic) bond motifs is 1. The Balaban J connectivity index is 1.80. The molecule has 3 aromatic rings. The normalized spacial score (nSPS) is 27.0. The highest BCUT2D eigenvalue weighted by atomic mass is 35.5. The highest BCUT2D eigenvalue weighted by Crippen LogP contribution is 2.35. The summed E-state index contributed by atoms with van der Waals surface area (Å²) >= 11 is 8.11. The van der Waals surface area contributed by atoms with Crippen LogP contribution in [0.1, 0.15) is 16.7 Å². The Morgan fingerprint density at radius 1 is 1.16 bits per heavy atom. The molecule has 4 rings (SSSR count). The van der Waals surface area contributed by atoms with Crippen LogP contribution in [0.25, 0.3) is 10.9 Å². The van der Waals surface area contributed by atoms with Crippen molar-refractivity contribution in [3.05, 3.63) is 57.4 Å². The molecule has 0 saturated carbocycles. The quantitative estimate of drug-likeness (QED) is 0.653. The number of nitrogens with zero attached hydrogens (tertiary/aromatic N) is 1. The number of thiophene rings is 1. The van der Waals surface area contributed by atoms with Gasteiger partial charge in [0.2, 0.25) is 0 Å². The first-order chi connectivity index (χ1) is 12.1. The maximum absolute atomic E-state index is 10.4. The average Bonchev–Trinajstić information content (AvgIpc) is 3.22. The van der Waals surface area contributed by atoms with E-state index in [9.17, 15) is 15.3 Å². The largest absolute Gasteiger partial charge is 0.388 e. The first kappa shape index (κ1) is 17.0. The minimum atomic E-state index is -1.25. The van der Waals surface area contributed by atoms with E-state index in [0.29, 0.717) is 5.02 Å². The van der Waals surface area contributed by atoms with Gasteiger partial charge in [0.1, 0.15) is 18.3 Å². The summed E-state index contributed by atoms with van der Waals surface area (Å²) in [6.07, 6.45) is -1.73. The third-order valence-corrected chi connectivity index (χ3v) is 5.77. The predicted molar refractivity (Wildman–Crippen MR) is 97.1 cm³/mol. The molecule has 1 saturated heterocycles. The molecule has 1 aliphatic rings. The lowest BCUT2D eigenvalue weighted by Gasteiger charge is -2.36. The van der Waals surface area contributed by atoms with Gasteiger partial charge < -0.3 is 24.6 Å². The summed E-state index contributed by atoms with van der Waals surface area (Å²) in [7, 11) is 0. The molecule has 5 nitrogen and oxygen atoms in total. The molecule has 3 heterocycles. The maximum atomic E-state index is 10.4. The van der Waals surface area contributed by atoms with Crippen molar-refractivity contribution in [3.8, 4) is 0 Å². The highest BCUT2D eigenvalue weighted by Gasteiger charge is 2.39. The molecular weight excluding hydrogens is 362 g/mol. The van der Waals surface area contributed by atoms with Gasteiger partial charge in [-0.15, -0.1) is 11.3 Å². The zero-order valence-corrected chi connectivity index (χ0v) is 14.8. The lowest BCUT2D eigenvalue weighted by Crippen LogP contribution is -2.50. The molecule has 1 aliphatic heterocycles. The van der Waals surface area contributed by atoms with E-state index in [0.717, 1.165) is 22.9 Å². The Bertz CT molecular complexity index is 879. The van der Waals surface area contributed by atoms with Gasteiger partial charge >= 0.3 is 0 Å². The summed E-state index contributed by atoms with van der Waals surface area (Å²) < 4.78 is 7.41. The molecule has 0 spiro atoms. The van der Waals surface area contributed by atoms with E-state index in [1.165, 1.54) is 4.88 Å². The lowest BCUT2D eigenvalue weighted by atomic mass is 10.0. The molecule has 4 atom stereocenters. The van der Waals surface area contributed by atoms with E-state index in [4.69, 9.17) is 16.3 Å². The average molecular weight is 380 g/mol. The van der Waals surface area contributed by atoms with E-state index in [1.54, 1.807) is 15.9 Å². The summed E-state index contributed by atoms with van der Waals surface area (Å²) in [5, 5.41) is 33.6. The maximum Gasteiger partial charge on any atom is 0.162 e. The van der Waals surface area contributed by atoms with Gasteiger partial charge in [0.15, 0.2) is 6.23 Å². The van der Waals surface area contributed by atoms with Gasteiger partial charge in [-0.1, -0.05) is 23.7 Å². The lowest BCUT2D eigenvalue weighted by molar-refractivity contribution is -0.209. The van der Waals surface area contributed by atoms with Crippen LogP contribution < -0.4 is 0 Å². The Morgan fingerprint density at radius 3 is 2.76 bits per heavy atom. The second-order valence-corrected chi connectivity index (χ2v) is 7.66.